The highest BCUT2D eigenvalue weighted by Crippen LogP contribution is 2.27. The van der Waals surface area contributed by atoms with Crippen LogP contribution in [0.15, 0.2) is 53.6 Å². The van der Waals surface area contributed by atoms with Gasteiger partial charge in [-0.3, -0.25) is 19.1 Å². The summed E-state index contributed by atoms with van der Waals surface area (Å²) in [5, 5.41) is 11.5. The van der Waals surface area contributed by atoms with Gasteiger partial charge in [0.05, 0.1) is 31.6 Å². The van der Waals surface area contributed by atoms with E-state index in [0.29, 0.717) is 31.2 Å². The number of carbonyl (C=O) groups excluding carboxylic acids is 1. The van der Waals surface area contributed by atoms with Crippen LogP contribution in [0.3, 0.4) is 0 Å². The van der Waals surface area contributed by atoms with Crippen molar-refractivity contribution < 1.29 is 19.0 Å². The zero-order chi connectivity index (χ0) is 23.4. The molecule has 33 heavy (non-hydrogen) atoms. The van der Waals surface area contributed by atoms with E-state index in [-0.39, 0.29) is 42.0 Å². The van der Waals surface area contributed by atoms with Crippen molar-refractivity contribution in [1.29, 1.82) is 0 Å². The number of morpholine rings is 1. The Bertz CT molecular complexity index is 1200. The lowest BCUT2D eigenvalue weighted by Gasteiger charge is -2.34. The Kier molecular flexibility index (Phi) is 6.76. The summed E-state index contributed by atoms with van der Waals surface area (Å²) in [7, 11) is 1.63. The van der Waals surface area contributed by atoms with E-state index < -0.39 is 5.82 Å². The molecule has 0 radical (unpaired) electrons. The maximum Gasteiger partial charge on any atom is 0.255 e. The minimum absolute atomic E-state index is 0.124. The molecule has 0 unspecified atom stereocenters. The number of anilines is 1. The third-order valence-electron chi connectivity index (χ3n) is 5.45. The molecule has 1 saturated heterocycles. The van der Waals surface area contributed by atoms with Crippen LogP contribution < -0.4 is 15.8 Å². The number of nitrogens with zero attached hydrogens (tertiary/aromatic N) is 4. The number of benzene rings is 1. The molecule has 1 aromatic carbocycles. The smallest absolute Gasteiger partial charge is 0.255 e. The number of aliphatic hydroxyl groups excluding tert-OH is 1. The molecule has 9 nitrogen and oxygen atoms in total. The first kappa shape index (κ1) is 22.6. The Morgan fingerprint density at radius 1 is 1.30 bits per heavy atom. The largest absolute Gasteiger partial charge is 0.395 e. The molecule has 0 bridgehead atoms. The van der Waals surface area contributed by atoms with Crippen molar-refractivity contribution in [2.75, 3.05) is 37.7 Å². The molecule has 0 spiro atoms. The van der Waals surface area contributed by atoms with Gasteiger partial charge in [-0.2, -0.15) is 0 Å². The summed E-state index contributed by atoms with van der Waals surface area (Å²) in [6.45, 7) is 1.42. The standard InChI is InChI=1S/C23H24FN5O4/c1-28-21(31)12-19(17-6-7-25-13-18(17)24)27-23(28)29-9-11-33-20(14-29)15-2-4-16(5-3-15)22(32)26-8-10-30/h2-7,12-13,20,30H,8-11,14H2,1H3,(H,26,32)/t20-/m1/s1. The number of hydrogen-bond acceptors (Lipinski definition) is 7. The second-order valence-electron chi connectivity index (χ2n) is 7.60. The molecule has 10 heteroatoms. The normalized spacial score (nSPS) is 16.0. The summed E-state index contributed by atoms with van der Waals surface area (Å²) >= 11 is 0. The van der Waals surface area contributed by atoms with Crippen LogP contribution in [0.1, 0.15) is 22.0 Å². The van der Waals surface area contributed by atoms with Crippen LogP contribution in [0.25, 0.3) is 11.3 Å². The summed E-state index contributed by atoms with van der Waals surface area (Å²) < 4.78 is 21.6. The first-order valence-corrected chi connectivity index (χ1v) is 10.5. The van der Waals surface area contributed by atoms with Gasteiger partial charge in [-0.1, -0.05) is 12.1 Å². The van der Waals surface area contributed by atoms with Crippen LogP contribution in [0.2, 0.25) is 0 Å². The SMILES string of the molecule is Cn1c(N2CCO[C@@H](c3ccc(C(=O)NCCO)cc3)C2)nc(-c2ccncc2F)cc1=O. The minimum Gasteiger partial charge on any atom is -0.395 e. The van der Waals surface area contributed by atoms with E-state index >= 15 is 0 Å². The Morgan fingerprint density at radius 3 is 2.82 bits per heavy atom. The van der Waals surface area contributed by atoms with Crippen molar-refractivity contribution in [3.05, 3.63) is 76.1 Å². The molecule has 172 valence electrons. The highest BCUT2D eigenvalue weighted by molar-refractivity contribution is 5.94. The molecular formula is C23H24FN5O4. The summed E-state index contributed by atoms with van der Waals surface area (Å²) in [4.78, 5) is 34.9. The summed E-state index contributed by atoms with van der Waals surface area (Å²) in [5.74, 6) is -0.393. The summed E-state index contributed by atoms with van der Waals surface area (Å²) in [6, 6.07) is 9.83. The summed E-state index contributed by atoms with van der Waals surface area (Å²) in [5.41, 5.74) is 1.52. The minimum atomic E-state index is -0.549. The second-order valence-corrected chi connectivity index (χ2v) is 7.60. The van der Waals surface area contributed by atoms with Crippen molar-refractivity contribution in [3.8, 4) is 11.3 Å². The Labute approximate surface area is 189 Å². The van der Waals surface area contributed by atoms with E-state index in [0.717, 1.165) is 11.8 Å². The van der Waals surface area contributed by atoms with Crippen LogP contribution in [0.4, 0.5) is 10.3 Å². The van der Waals surface area contributed by atoms with Gasteiger partial charge < -0.3 is 20.1 Å². The van der Waals surface area contributed by atoms with Gasteiger partial charge in [0.25, 0.3) is 11.5 Å². The Morgan fingerprint density at radius 2 is 2.09 bits per heavy atom. The number of hydrogen-bond donors (Lipinski definition) is 2. The second kappa shape index (κ2) is 9.88. The molecule has 1 amide bonds. The molecule has 1 fully saturated rings. The van der Waals surface area contributed by atoms with Gasteiger partial charge in [-0.05, 0) is 23.8 Å². The number of nitrogens with one attached hydrogen (secondary N) is 1. The lowest BCUT2D eigenvalue weighted by Crippen LogP contribution is -2.41. The molecule has 1 aliphatic heterocycles. The molecule has 2 aromatic heterocycles. The predicted octanol–water partition coefficient (Wildman–Crippen LogP) is 1.28. The number of aromatic nitrogens is 3. The molecule has 1 aliphatic rings. The van der Waals surface area contributed by atoms with Crippen molar-refractivity contribution in [1.82, 2.24) is 19.9 Å². The number of pyridine rings is 1. The molecular weight excluding hydrogens is 429 g/mol. The number of aliphatic hydroxyl groups is 1. The average molecular weight is 453 g/mol. The first-order chi connectivity index (χ1) is 16.0. The zero-order valence-corrected chi connectivity index (χ0v) is 18.1. The first-order valence-electron chi connectivity index (χ1n) is 10.5. The third-order valence-corrected chi connectivity index (χ3v) is 5.45. The lowest BCUT2D eigenvalue weighted by atomic mass is 10.1. The maximum atomic E-state index is 14.2. The molecule has 0 saturated carbocycles. The van der Waals surface area contributed by atoms with Crippen LogP contribution in [0, 0.1) is 5.82 Å². The quantitative estimate of drug-likeness (QED) is 0.579. The van der Waals surface area contributed by atoms with E-state index in [4.69, 9.17) is 9.84 Å². The number of carbonyl (C=O) groups is 1. The van der Waals surface area contributed by atoms with Crippen LogP contribution in [-0.4, -0.2) is 58.4 Å². The maximum absolute atomic E-state index is 14.2. The number of ether oxygens (including phenoxy) is 1. The molecule has 4 rings (SSSR count). The Hall–Kier alpha value is -3.63. The van der Waals surface area contributed by atoms with Crippen LogP contribution >= 0.6 is 0 Å². The van der Waals surface area contributed by atoms with E-state index in [1.807, 2.05) is 17.0 Å². The van der Waals surface area contributed by atoms with Gasteiger partial charge in [0.1, 0.15) is 6.10 Å². The monoisotopic (exact) mass is 453 g/mol. The lowest BCUT2D eigenvalue weighted by molar-refractivity contribution is 0.0389. The Balaban J connectivity index is 1.57. The topological polar surface area (TPSA) is 110 Å². The van der Waals surface area contributed by atoms with Crippen LogP contribution in [-0.2, 0) is 11.8 Å². The number of halogens is 1. The van der Waals surface area contributed by atoms with Crippen molar-refractivity contribution in [3.63, 3.8) is 0 Å². The van der Waals surface area contributed by atoms with Gasteiger partial charge in [-0.15, -0.1) is 0 Å². The van der Waals surface area contributed by atoms with Gasteiger partial charge in [0.2, 0.25) is 5.95 Å². The number of amides is 1. The fourth-order valence-corrected chi connectivity index (χ4v) is 3.68. The van der Waals surface area contributed by atoms with E-state index in [2.05, 4.69) is 15.3 Å². The van der Waals surface area contributed by atoms with Crippen molar-refractivity contribution in [2.24, 2.45) is 7.05 Å². The molecule has 1 atom stereocenters. The zero-order valence-electron chi connectivity index (χ0n) is 18.1. The van der Waals surface area contributed by atoms with Crippen molar-refractivity contribution >= 4 is 11.9 Å². The summed E-state index contributed by atoms with van der Waals surface area (Å²) in [6.07, 6.45) is 2.24. The fraction of sp³-hybridized carbons (Fsp3) is 0.304. The van der Waals surface area contributed by atoms with Crippen LogP contribution in [0.5, 0.6) is 0 Å². The van der Waals surface area contributed by atoms with Crippen molar-refractivity contribution in [2.45, 2.75) is 6.10 Å². The average Bonchev–Trinajstić information content (AvgIpc) is 2.84. The predicted molar refractivity (Wildman–Crippen MR) is 119 cm³/mol. The van der Waals surface area contributed by atoms with Gasteiger partial charge in [0, 0.05) is 43.5 Å². The highest BCUT2D eigenvalue weighted by atomic mass is 19.1. The molecule has 0 aliphatic carbocycles. The van der Waals surface area contributed by atoms with Gasteiger partial charge in [0.15, 0.2) is 5.82 Å². The third kappa shape index (κ3) is 4.91. The van der Waals surface area contributed by atoms with E-state index in [9.17, 15) is 14.0 Å². The highest BCUT2D eigenvalue weighted by Gasteiger charge is 2.25. The number of rotatable bonds is 6. The van der Waals surface area contributed by atoms with E-state index in [1.165, 1.54) is 22.9 Å². The molecule has 2 N–H and O–H groups in total. The fourth-order valence-electron chi connectivity index (χ4n) is 3.68. The van der Waals surface area contributed by atoms with E-state index in [1.54, 1.807) is 19.2 Å². The molecule has 3 aromatic rings. The van der Waals surface area contributed by atoms with Gasteiger partial charge >= 0.3 is 0 Å². The molecule has 3 heterocycles. The van der Waals surface area contributed by atoms with Gasteiger partial charge in [-0.25, -0.2) is 9.37 Å².